The molecule has 0 aromatic heterocycles. The lowest BCUT2D eigenvalue weighted by Gasteiger charge is -2.34. The molecule has 31 heavy (non-hydrogen) atoms. The van der Waals surface area contributed by atoms with Crippen molar-refractivity contribution in [2.75, 3.05) is 19.6 Å². The van der Waals surface area contributed by atoms with Crippen LogP contribution in [0.4, 0.5) is 0 Å². The maximum atomic E-state index is 13.5. The SMILES string of the molecule is CC(=O)N1CCC(CN2C(=O)C(C)(c3cccc(-c4ccc(O)cc4)c3)C=C2N)CC1. The molecule has 1 atom stereocenters. The third kappa shape index (κ3) is 4.02. The average molecular weight is 420 g/mol. The minimum Gasteiger partial charge on any atom is -0.508 e. The molecule has 0 radical (unpaired) electrons. The summed E-state index contributed by atoms with van der Waals surface area (Å²) in [5.74, 6) is 1.14. The highest BCUT2D eigenvalue weighted by Gasteiger charge is 2.44. The second kappa shape index (κ2) is 8.10. The predicted octanol–water partition coefficient (Wildman–Crippen LogP) is 3.22. The molecule has 0 spiro atoms. The van der Waals surface area contributed by atoms with Gasteiger partial charge in [-0.05, 0) is 66.6 Å². The van der Waals surface area contributed by atoms with E-state index in [1.54, 1.807) is 24.0 Å². The van der Waals surface area contributed by atoms with Gasteiger partial charge in [-0.15, -0.1) is 0 Å². The third-order valence-electron chi connectivity index (χ3n) is 6.60. The molecule has 1 unspecified atom stereocenters. The van der Waals surface area contributed by atoms with Crippen LogP contribution in [-0.4, -0.2) is 46.4 Å². The lowest BCUT2D eigenvalue weighted by atomic mass is 9.81. The zero-order chi connectivity index (χ0) is 22.2. The van der Waals surface area contributed by atoms with Crippen molar-refractivity contribution in [3.05, 3.63) is 66.0 Å². The number of phenolic OH excluding ortho intramolecular Hbond substituents is 1. The Balaban J connectivity index is 1.52. The van der Waals surface area contributed by atoms with E-state index in [1.165, 1.54) is 0 Å². The summed E-state index contributed by atoms with van der Waals surface area (Å²) in [6, 6.07) is 14.9. The summed E-state index contributed by atoms with van der Waals surface area (Å²) < 4.78 is 0. The van der Waals surface area contributed by atoms with Gasteiger partial charge >= 0.3 is 0 Å². The molecule has 2 aromatic rings. The van der Waals surface area contributed by atoms with Crippen LogP contribution in [0.25, 0.3) is 11.1 Å². The first-order valence-corrected chi connectivity index (χ1v) is 10.7. The Kier molecular flexibility index (Phi) is 5.48. The van der Waals surface area contributed by atoms with E-state index >= 15 is 0 Å². The van der Waals surface area contributed by atoms with Crippen LogP contribution in [0.5, 0.6) is 5.75 Å². The van der Waals surface area contributed by atoms with Crippen molar-refractivity contribution in [2.45, 2.75) is 32.1 Å². The molecule has 2 amide bonds. The number of rotatable bonds is 4. The lowest BCUT2D eigenvalue weighted by Crippen LogP contribution is -2.44. The summed E-state index contributed by atoms with van der Waals surface area (Å²) >= 11 is 0. The number of aromatic hydroxyl groups is 1. The van der Waals surface area contributed by atoms with Crippen LogP contribution in [0, 0.1) is 5.92 Å². The fourth-order valence-corrected chi connectivity index (χ4v) is 4.59. The number of carbonyl (C=O) groups excluding carboxylic acids is 2. The van der Waals surface area contributed by atoms with Crippen molar-refractivity contribution in [1.82, 2.24) is 9.80 Å². The first-order chi connectivity index (χ1) is 14.8. The zero-order valence-electron chi connectivity index (χ0n) is 18.0. The molecule has 2 aliphatic heterocycles. The van der Waals surface area contributed by atoms with Gasteiger partial charge in [0.15, 0.2) is 0 Å². The number of hydrogen-bond acceptors (Lipinski definition) is 4. The molecule has 0 bridgehead atoms. The summed E-state index contributed by atoms with van der Waals surface area (Å²) in [6.07, 6.45) is 3.61. The first kappa shape index (κ1) is 21.0. The van der Waals surface area contributed by atoms with E-state index in [9.17, 15) is 14.7 Å². The van der Waals surface area contributed by atoms with Gasteiger partial charge in [0.25, 0.3) is 0 Å². The van der Waals surface area contributed by atoms with E-state index in [4.69, 9.17) is 5.73 Å². The molecular weight excluding hydrogens is 390 g/mol. The van der Waals surface area contributed by atoms with Crippen LogP contribution in [0.15, 0.2) is 60.4 Å². The van der Waals surface area contributed by atoms with E-state index < -0.39 is 5.41 Å². The lowest BCUT2D eigenvalue weighted by molar-refractivity contribution is -0.133. The number of nitrogens with two attached hydrogens (primary N) is 1. The maximum absolute atomic E-state index is 13.5. The maximum Gasteiger partial charge on any atom is 0.242 e. The number of nitrogens with zero attached hydrogens (tertiary/aromatic N) is 2. The van der Waals surface area contributed by atoms with Crippen molar-refractivity contribution in [3.63, 3.8) is 0 Å². The molecule has 6 heteroatoms. The van der Waals surface area contributed by atoms with Crippen LogP contribution in [0.2, 0.25) is 0 Å². The summed E-state index contributed by atoms with van der Waals surface area (Å²) in [6.45, 7) is 5.56. The van der Waals surface area contributed by atoms with Crippen LogP contribution in [0.1, 0.15) is 32.3 Å². The molecule has 0 aliphatic carbocycles. The van der Waals surface area contributed by atoms with Crippen LogP contribution < -0.4 is 5.73 Å². The normalized spacial score (nSPS) is 22.0. The molecule has 1 fully saturated rings. The van der Waals surface area contributed by atoms with Crippen molar-refractivity contribution in [3.8, 4) is 16.9 Å². The second-order valence-corrected chi connectivity index (χ2v) is 8.76. The van der Waals surface area contributed by atoms with Crippen LogP contribution in [-0.2, 0) is 15.0 Å². The van der Waals surface area contributed by atoms with Gasteiger partial charge in [-0.25, -0.2) is 0 Å². The number of amides is 2. The summed E-state index contributed by atoms with van der Waals surface area (Å²) in [5, 5.41) is 9.55. The number of benzene rings is 2. The van der Waals surface area contributed by atoms with Gasteiger partial charge in [-0.2, -0.15) is 0 Å². The predicted molar refractivity (Wildman–Crippen MR) is 120 cm³/mol. The van der Waals surface area contributed by atoms with Crippen molar-refractivity contribution >= 4 is 11.8 Å². The fourth-order valence-electron chi connectivity index (χ4n) is 4.59. The molecule has 1 saturated heterocycles. The van der Waals surface area contributed by atoms with Crippen molar-refractivity contribution in [1.29, 1.82) is 0 Å². The minimum atomic E-state index is -0.822. The van der Waals surface area contributed by atoms with Gasteiger partial charge in [0, 0.05) is 26.6 Å². The summed E-state index contributed by atoms with van der Waals surface area (Å²) in [5.41, 5.74) is 8.33. The largest absolute Gasteiger partial charge is 0.508 e. The molecule has 2 aromatic carbocycles. The summed E-state index contributed by atoms with van der Waals surface area (Å²) in [7, 11) is 0. The topological polar surface area (TPSA) is 86.9 Å². The highest BCUT2D eigenvalue weighted by molar-refractivity contribution is 5.94. The monoisotopic (exact) mass is 419 g/mol. The van der Waals surface area contributed by atoms with E-state index in [1.807, 2.05) is 54.3 Å². The quantitative estimate of drug-likeness (QED) is 0.797. The highest BCUT2D eigenvalue weighted by Crippen LogP contribution is 2.37. The Bertz CT molecular complexity index is 1020. The minimum absolute atomic E-state index is 0.0122. The molecule has 162 valence electrons. The van der Waals surface area contributed by atoms with Crippen molar-refractivity contribution in [2.24, 2.45) is 11.7 Å². The number of piperidine rings is 1. The number of phenols is 1. The molecule has 4 rings (SSSR count). The Morgan fingerprint density at radius 2 is 1.81 bits per heavy atom. The van der Waals surface area contributed by atoms with E-state index in [2.05, 4.69) is 0 Å². The fraction of sp³-hybridized carbons (Fsp3) is 0.360. The number of likely N-dealkylation sites (tertiary alicyclic amines) is 1. The Labute approximate surface area is 183 Å². The average Bonchev–Trinajstić information content (AvgIpc) is 2.99. The smallest absolute Gasteiger partial charge is 0.242 e. The molecule has 3 N–H and O–H groups in total. The molecule has 6 nitrogen and oxygen atoms in total. The van der Waals surface area contributed by atoms with E-state index in [-0.39, 0.29) is 17.6 Å². The molecular formula is C25H29N3O3. The Hall–Kier alpha value is -3.28. The van der Waals surface area contributed by atoms with Gasteiger partial charge < -0.3 is 15.7 Å². The van der Waals surface area contributed by atoms with Gasteiger partial charge in [0.1, 0.15) is 11.6 Å². The van der Waals surface area contributed by atoms with Gasteiger partial charge in [0.05, 0.1) is 5.41 Å². The zero-order valence-corrected chi connectivity index (χ0v) is 18.0. The van der Waals surface area contributed by atoms with Crippen molar-refractivity contribution < 1.29 is 14.7 Å². The van der Waals surface area contributed by atoms with Crippen LogP contribution >= 0.6 is 0 Å². The number of hydrogen-bond donors (Lipinski definition) is 2. The van der Waals surface area contributed by atoms with Gasteiger partial charge in [0.2, 0.25) is 11.8 Å². The summed E-state index contributed by atoms with van der Waals surface area (Å²) in [4.78, 5) is 28.6. The second-order valence-electron chi connectivity index (χ2n) is 8.76. The highest BCUT2D eigenvalue weighted by atomic mass is 16.3. The first-order valence-electron chi connectivity index (χ1n) is 10.7. The molecule has 2 aliphatic rings. The van der Waals surface area contributed by atoms with Gasteiger partial charge in [-0.3, -0.25) is 14.5 Å². The Morgan fingerprint density at radius 1 is 1.13 bits per heavy atom. The number of carbonyl (C=O) groups is 2. The third-order valence-corrected chi connectivity index (χ3v) is 6.60. The van der Waals surface area contributed by atoms with E-state index in [0.717, 1.165) is 42.6 Å². The Morgan fingerprint density at radius 3 is 2.45 bits per heavy atom. The molecule has 0 saturated carbocycles. The van der Waals surface area contributed by atoms with Gasteiger partial charge in [-0.1, -0.05) is 30.3 Å². The van der Waals surface area contributed by atoms with E-state index in [0.29, 0.717) is 18.3 Å². The standard InChI is InChI=1S/C25H29N3O3/c1-17(29)27-12-10-18(11-13-27)16-28-23(26)15-25(2,24(28)31)21-5-3-4-20(14-21)19-6-8-22(30)9-7-19/h3-9,14-15,18,30H,10-13,16,26H2,1-2H3. The molecule has 2 heterocycles. The van der Waals surface area contributed by atoms with Crippen LogP contribution in [0.3, 0.4) is 0 Å².